The van der Waals surface area contributed by atoms with Crippen molar-refractivity contribution in [3.8, 4) is 17.2 Å². The third-order valence-corrected chi connectivity index (χ3v) is 7.81. The highest BCUT2D eigenvalue weighted by Crippen LogP contribution is 2.52. The zero-order valence-electron chi connectivity index (χ0n) is 21.6. The Kier molecular flexibility index (Phi) is 8.00. The molecule has 1 heterocycles. The van der Waals surface area contributed by atoms with Gasteiger partial charge in [-0.1, -0.05) is 12.1 Å². The smallest absolute Gasteiger partial charge is 0.202 e. The number of phenols is 2. The van der Waals surface area contributed by atoms with Gasteiger partial charge in [0.25, 0.3) is 0 Å². The topological polar surface area (TPSA) is 206 Å². The molecule has 7 N–H and O–H groups in total. The van der Waals surface area contributed by atoms with Crippen LogP contribution in [-0.4, -0.2) is 86.7 Å². The monoisotopic (exact) mass is 579 g/mol. The molecule has 12 nitrogen and oxygen atoms in total. The van der Waals surface area contributed by atoms with E-state index in [0.717, 1.165) is 0 Å². The van der Waals surface area contributed by atoms with Crippen LogP contribution in [0.3, 0.4) is 0 Å². The normalized spacial score (nSPS) is 29.1. The highest BCUT2D eigenvalue weighted by molar-refractivity contribution is 6.31. The maximum atomic E-state index is 13.6. The summed E-state index contributed by atoms with van der Waals surface area (Å²) in [6.45, 7) is 0.560. The second-order valence-corrected chi connectivity index (χ2v) is 10.2. The largest absolute Gasteiger partial charge is 0.507 e. The quantitative estimate of drug-likeness (QED) is 0.227. The molecule has 1 fully saturated rings. The fraction of sp³-hybridized carbons (Fsp3) is 0.444. The SMILES string of the molecule is COc1cccc2c1C(=O)c1c(O)c3c(c(O)c1C2=O)C[C@](O)(C(=O)CO)C[C@@H]3O[C@H]1C[C@H](N)[C@H](O)[C@H](C)O1.Cl. The van der Waals surface area contributed by atoms with Crippen LogP contribution in [0.2, 0.25) is 0 Å². The van der Waals surface area contributed by atoms with E-state index in [1.165, 1.54) is 25.3 Å². The molecule has 6 atom stereocenters. The lowest BCUT2D eigenvalue weighted by molar-refractivity contribution is -0.247. The first-order chi connectivity index (χ1) is 18.4. The summed E-state index contributed by atoms with van der Waals surface area (Å²) in [5.74, 6) is -3.77. The molecule has 216 valence electrons. The number of nitrogens with two attached hydrogens (primary N) is 1. The maximum absolute atomic E-state index is 13.6. The van der Waals surface area contributed by atoms with Crippen LogP contribution in [0, 0.1) is 0 Å². The van der Waals surface area contributed by atoms with Gasteiger partial charge in [0.15, 0.2) is 17.9 Å². The van der Waals surface area contributed by atoms with E-state index < -0.39 is 95.7 Å². The minimum atomic E-state index is -2.24. The van der Waals surface area contributed by atoms with Gasteiger partial charge in [-0.2, -0.15) is 0 Å². The van der Waals surface area contributed by atoms with E-state index in [1.54, 1.807) is 6.92 Å². The van der Waals surface area contributed by atoms with Crippen molar-refractivity contribution in [2.75, 3.05) is 13.7 Å². The van der Waals surface area contributed by atoms with Gasteiger partial charge in [0, 0.05) is 42.0 Å². The molecule has 0 radical (unpaired) electrons. The number of hydrogen-bond donors (Lipinski definition) is 6. The molecule has 2 aliphatic carbocycles. The van der Waals surface area contributed by atoms with E-state index in [9.17, 15) is 39.9 Å². The molecule has 5 rings (SSSR count). The summed E-state index contributed by atoms with van der Waals surface area (Å²) in [5, 5.41) is 53.7. The van der Waals surface area contributed by atoms with Crippen LogP contribution in [0.4, 0.5) is 0 Å². The van der Waals surface area contributed by atoms with Gasteiger partial charge >= 0.3 is 0 Å². The van der Waals surface area contributed by atoms with Crippen molar-refractivity contribution in [2.24, 2.45) is 5.73 Å². The van der Waals surface area contributed by atoms with Gasteiger partial charge in [-0.05, 0) is 13.0 Å². The maximum Gasteiger partial charge on any atom is 0.202 e. The molecular formula is C27H30ClNO11. The van der Waals surface area contributed by atoms with Crippen LogP contribution in [0.5, 0.6) is 17.2 Å². The molecular weight excluding hydrogens is 550 g/mol. The lowest BCUT2D eigenvalue weighted by atomic mass is 9.72. The number of hydrogen-bond acceptors (Lipinski definition) is 12. The predicted molar refractivity (Wildman–Crippen MR) is 139 cm³/mol. The van der Waals surface area contributed by atoms with Gasteiger partial charge < -0.3 is 45.5 Å². The molecule has 0 spiro atoms. The third-order valence-electron chi connectivity index (χ3n) is 7.81. The van der Waals surface area contributed by atoms with Crippen LogP contribution < -0.4 is 10.5 Å². The first kappa shape index (κ1) is 29.9. The predicted octanol–water partition coefficient (Wildman–Crippen LogP) is 0.423. The number of rotatable bonds is 5. The van der Waals surface area contributed by atoms with Gasteiger partial charge in [-0.3, -0.25) is 14.4 Å². The van der Waals surface area contributed by atoms with Crippen molar-refractivity contribution >= 4 is 29.8 Å². The number of halogens is 1. The zero-order valence-corrected chi connectivity index (χ0v) is 22.4. The summed E-state index contributed by atoms with van der Waals surface area (Å²) >= 11 is 0. The first-order valence-electron chi connectivity index (χ1n) is 12.4. The summed E-state index contributed by atoms with van der Waals surface area (Å²) in [4.78, 5) is 39.7. The molecule has 0 amide bonds. The van der Waals surface area contributed by atoms with E-state index in [0.29, 0.717) is 0 Å². The van der Waals surface area contributed by atoms with Gasteiger partial charge in [-0.15, -0.1) is 12.4 Å². The molecule has 0 aromatic heterocycles. The fourth-order valence-electron chi connectivity index (χ4n) is 5.75. The minimum Gasteiger partial charge on any atom is -0.507 e. The number of carbonyl (C=O) groups is 3. The van der Waals surface area contributed by atoms with Gasteiger partial charge in [0.05, 0.1) is 42.1 Å². The molecule has 13 heteroatoms. The van der Waals surface area contributed by atoms with Crippen LogP contribution in [0.25, 0.3) is 0 Å². The molecule has 0 unspecified atom stereocenters. The summed E-state index contributed by atoms with van der Waals surface area (Å²) in [6.07, 6.45) is -5.12. The minimum absolute atomic E-state index is 0. The van der Waals surface area contributed by atoms with E-state index in [-0.39, 0.29) is 46.8 Å². The van der Waals surface area contributed by atoms with Crippen LogP contribution in [-0.2, 0) is 20.7 Å². The average molecular weight is 580 g/mol. The Bertz CT molecular complexity index is 1380. The third kappa shape index (κ3) is 4.45. The van der Waals surface area contributed by atoms with Crippen molar-refractivity contribution in [1.29, 1.82) is 0 Å². The Morgan fingerprint density at radius 1 is 1.15 bits per heavy atom. The zero-order chi connectivity index (χ0) is 28.4. The van der Waals surface area contributed by atoms with Crippen LogP contribution in [0.15, 0.2) is 18.2 Å². The number of carbonyl (C=O) groups excluding carboxylic acids is 3. The molecule has 1 aliphatic heterocycles. The van der Waals surface area contributed by atoms with Crippen molar-refractivity contribution in [2.45, 2.75) is 62.4 Å². The number of methoxy groups -OCH3 is 1. The summed E-state index contributed by atoms with van der Waals surface area (Å²) in [7, 11) is 1.32. The van der Waals surface area contributed by atoms with E-state index in [2.05, 4.69) is 0 Å². The molecule has 40 heavy (non-hydrogen) atoms. The Hall–Kier alpha value is -3.10. The summed E-state index contributed by atoms with van der Waals surface area (Å²) < 4.78 is 17.0. The Labute approximate surface area is 234 Å². The van der Waals surface area contributed by atoms with Gasteiger partial charge in [0.2, 0.25) is 5.78 Å². The average Bonchev–Trinajstić information content (AvgIpc) is 2.90. The van der Waals surface area contributed by atoms with E-state index in [1.807, 2.05) is 0 Å². The van der Waals surface area contributed by atoms with Crippen LogP contribution >= 0.6 is 12.4 Å². The van der Waals surface area contributed by atoms with Crippen molar-refractivity contribution in [3.63, 3.8) is 0 Å². The number of phenolic OH excluding ortho intramolecular Hbond substituents is 2. The fourth-order valence-corrected chi connectivity index (χ4v) is 5.75. The Morgan fingerprint density at radius 2 is 1.82 bits per heavy atom. The molecule has 2 aromatic carbocycles. The summed E-state index contributed by atoms with van der Waals surface area (Å²) in [5.41, 5.74) is 2.37. The number of ether oxygens (including phenoxy) is 3. The van der Waals surface area contributed by atoms with Crippen molar-refractivity contribution in [3.05, 3.63) is 51.6 Å². The lowest BCUT2D eigenvalue weighted by Gasteiger charge is -2.42. The number of ketones is 3. The number of aliphatic hydroxyl groups is 3. The first-order valence-corrected chi connectivity index (χ1v) is 12.4. The Morgan fingerprint density at radius 3 is 2.45 bits per heavy atom. The standard InChI is InChI=1S/C27H29NO11.ClH/c1-10-22(31)13(28)6-17(38-10)39-15-8-27(36,16(30)9-29)7-12-19(15)26(35)21-20(24(12)33)23(32)11-4-3-5-14(37-2)18(11)25(21)34;/h3-5,10,13,15,17,22,29,31,33,35-36H,6-9,28H2,1-2H3;1H/t10-,13-,15-,17-,22+,27+;/m0./s1. The molecule has 0 saturated carbocycles. The Balaban J connectivity index is 0.00000370. The summed E-state index contributed by atoms with van der Waals surface area (Å²) in [6, 6.07) is 3.64. The number of aliphatic hydroxyl groups excluding tert-OH is 2. The highest BCUT2D eigenvalue weighted by Gasteiger charge is 2.50. The molecule has 3 aliphatic rings. The van der Waals surface area contributed by atoms with E-state index in [4.69, 9.17) is 19.9 Å². The lowest BCUT2D eigenvalue weighted by Crippen LogP contribution is -2.53. The van der Waals surface area contributed by atoms with Crippen LogP contribution in [0.1, 0.15) is 68.8 Å². The second-order valence-electron chi connectivity index (χ2n) is 10.2. The van der Waals surface area contributed by atoms with Gasteiger partial charge in [0.1, 0.15) is 29.5 Å². The molecule has 0 bridgehead atoms. The van der Waals surface area contributed by atoms with Crippen molar-refractivity contribution < 1.29 is 54.1 Å². The molecule has 2 aromatic rings. The number of Topliss-reactive ketones (excluding diaryl/α,β-unsaturated/α-hetero) is 1. The number of aromatic hydroxyl groups is 2. The second kappa shape index (κ2) is 10.7. The number of benzene rings is 2. The molecule has 1 saturated heterocycles. The van der Waals surface area contributed by atoms with Gasteiger partial charge in [-0.25, -0.2) is 0 Å². The number of fused-ring (bicyclic) bond motifs is 3. The van der Waals surface area contributed by atoms with Crippen molar-refractivity contribution in [1.82, 2.24) is 0 Å². The van der Waals surface area contributed by atoms with E-state index >= 15 is 0 Å². The highest BCUT2D eigenvalue weighted by atomic mass is 35.5.